The summed E-state index contributed by atoms with van der Waals surface area (Å²) in [7, 11) is 0. The van der Waals surface area contributed by atoms with Gasteiger partial charge in [0.05, 0.1) is 11.1 Å². The molecule has 5 nitrogen and oxygen atoms in total. The van der Waals surface area contributed by atoms with E-state index in [0.29, 0.717) is 33.8 Å². The Kier molecular flexibility index (Phi) is 12.6. The van der Waals surface area contributed by atoms with Gasteiger partial charge in [0.25, 0.3) is 0 Å². The fraction of sp³-hybridized carbons (Fsp3) is 0.458. The first-order chi connectivity index (χ1) is 25.1. The van der Waals surface area contributed by atoms with Crippen LogP contribution in [0.4, 0.5) is 0 Å². The molecule has 0 heterocycles. The minimum Gasteiger partial charge on any atom is -0.457 e. The molecule has 0 saturated heterocycles. The van der Waals surface area contributed by atoms with Crippen LogP contribution in [0.3, 0.4) is 0 Å². The van der Waals surface area contributed by atoms with Gasteiger partial charge in [-0.1, -0.05) is 104 Å². The molecule has 5 heteroatoms. The highest BCUT2D eigenvalue weighted by atomic mass is 16.6. The fourth-order valence-electron chi connectivity index (χ4n) is 8.17. The molecule has 0 aromatic heterocycles. The van der Waals surface area contributed by atoms with Gasteiger partial charge < -0.3 is 14.2 Å². The van der Waals surface area contributed by atoms with Gasteiger partial charge in [0, 0.05) is 5.41 Å². The van der Waals surface area contributed by atoms with Crippen molar-refractivity contribution in [1.82, 2.24) is 0 Å². The smallest absolute Gasteiger partial charge is 0.343 e. The number of hydrogen-bond donors (Lipinski definition) is 0. The van der Waals surface area contributed by atoms with Gasteiger partial charge in [-0.3, -0.25) is 0 Å². The number of carbonyl (C=O) groups excluding carboxylic acids is 2. The Morgan fingerprint density at radius 1 is 0.585 bits per heavy atom. The standard InChI is InChI=1S/C48H60O5/c1-9-29-46(5,6)37-17-19-38(20-18-37)48(33-11-31-45(3,4)32-12-34-48)39-21-27-42(28-22-39)52-43(49)35-13-23-40(24-14-35)51-41-25-15-36(16-26-41)44(50)53-47(7,8)30-10-2/h13-28H,9-12,29-34H2,1-8H3. The Bertz CT molecular complexity index is 1780. The molecule has 1 aliphatic carbocycles. The lowest BCUT2D eigenvalue weighted by molar-refractivity contribution is -0.00474. The highest BCUT2D eigenvalue weighted by molar-refractivity contribution is 5.91. The van der Waals surface area contributed by atoms with Gasteiger partial charge in [0.15, 0.2) is 0 Å². The molecule has 0 aliphatic heterocycles. The molecule has 1 saturated carbocycles. The van der Waals surface area contributed by atoms with Gasteiger partial charge in [-0.15, -0.1) is 0 Å². The van der Waals surface area contributed by atoms with E-state index < -0.39 is 11.6 Å². The van der Waals surface area contributed by atoms with Crippen molar-refractivity contribution in [3.05, 3.63) is 125 Å². The Labute approximate surface area is 318 Å². The SMILES string of the molecule is CCCC(C)(C)OC(=O)c1ccc(Oc2ccc(C(=O)Oc3ccc(C4(c5ccc(C(C)(C)CCC)cc5)CCCC(C)(C)CCC4)cc3)cc2)cc1. The molecule has 0 N–H and O–H groups in total. The molecule has 0 spiro atoms. The summed E-state index contributed by atoms with van der Waals surface area (Å²) in [6.07, 6.45) is 11.0. The van der Waals surface area contributed by atoms with Gasteiger partial charge in [-0.2, -0.15) is 0 Å². The van der Waals surface area contributed by atoms with Crippen LogP contribution in [0.15, 0.2) is 97.1 Å². The maximum atomic E-state index is 13.2. The van der Waals surface area contributed by atoms with Gasteiger partial charge in [-0.25, -0.2) is 9.59 Å². The van der Waals surface area contributed by atoms with Crippen LogP contribution in [0.2, 0.25) is 0 Å². The quantitative estimate of drug-likeness (QED) is 0.102. The molecule has 0 unspecified atom stereocenters. The van der Waals surface area contributed by atoms with Crippen LogP contribution in [-0.4, -0.2) is 17.5 Å². The first-order valence-electron chi connectivity index (χ1n) is 19.7. The number of hydrogen-bond acceptors (Lipinski definition) is 5. The van der Waals surface area contributed by atoms with Crippen molar-refractivity contribution < 1.29 is 23.8 Å². The van der Waals surface area contributed by atoms with Crippen molar-refractivity contribution in [3.63, 3.8) is 0 Å². The zero-order chi connectivity index (χ0) is 38.3. The summed E-state index contributed by atoms with van der Waals surface area (Å²) in [5.41, 5.74) is 4.88. The summed E-state index contributed by atoms with van der Waals surface area (Å²) < 4.78 is 17.5. The Hall–Kier alpha value is -4.38. The number of esters is 2. The fourth-order valence-corrected chi connectivity index (χ4v) is 8.17. The van der Waals surface area contributed by atoms with Crippen LogP contribution in [0.5, 0.6) is 17.2 Å². The van der Waals surface area contributed by atoms with E-state index in [1.54, 1.807) is 48.5 Å². The largest absolute Gasteiger partial charge is 0.457 e. The first kappa shape index (κ1) is 39.8. The highest BCUT2D eigenvalue weighted by Gasteiger charge is 2.37. The zero-order valence-corrected chi connectivity index (χ0v) is 33.3. The summed E-state index contributed by atoms with van der Waals surface area (Å²) in [4.78, 5) is 25.8. The molecule has 282 valence electrons. The van der Waals surface area contributed by atoms with E-state index in [0.717, 1.165) is 32.1 Å². The number of ether oxygens (including phenoxy) is 3. The molecule has 0 bridgehead atoms. The molecular weight excluding hydrogens is 657 g/mol. The molecule has 5 rings (SSSR count). The molecule has 0 atom stereocenters. The zero-order valence-electron chi connectivity index (χ0n) is 33.3. The lowest BCUT2D eigenvalue weighted by atomic mass is 9.64. The van der Waals surface area contributed by atoms with E-state index in [-0.39, 0.29) is 16.8 Å². The second-order valence-electron chi connectivity index (χ2n) is 17.1. The van der Waals surface area contributed by atoms with Crippen LogP contribution >= 0.6 is 0 Å². The third-order valence-corrected chi connectivity index (χ3v) is 11.3. The van der Waals surface area contributed by atoms with Crippen molar-refractivity contribution in [1.29, 1.82) is 0 Å². The van der Waals surface area contributed by atoms with E-state index >= 15 is 0 Å². The third-order valence-electron chi connectivity index (χ3n) is 11.3. The predicted octanol–water partition coefficient (Wildman–Crippen LogP) is 13.2. The van der Waals surface area contributed by atoms with Crippen molar-refractivity contribution in [2.45, 2.75) is 136 Å². The average Bonchev–Trinajstić information content (AvgIpc) is 3.11. The molecule has 0 amide bonds. The molecule has 1 fully saturated rings. The Morgan fingerprint density at radius 3 is 1.53 bits per heavy atom. The average molecular weight is 717 g/mol. The van der Waals surface area contributed by atoms with E-state index in [2.05, 4.69) is 77.9 Å². The van der Waals surface area contributed by atoms with E-state index in [1.165, 1.54) is 48.8 Å². The van der Waals surface area contributed by atoms with Gasteiger partial charge >= 0.3 is 11.9 Å². The van der Waals surface area contributed by atoms with Crippen LogP contribution in [0.25, 0.3) is 0 Å². The Balaban J connectivity index is 1.26. The summed E-state index contributed by atoms with van der Waals surface area (Å²) in [6, 6.07) is 31.4. The minimum atomic E-state index is -0.513. The number of rotatable bonds is 13. The first-order valence-corrected chi connectivity index (χ1v) is 19.7. The van der Waals surface area contributed by atoms with E-state index in [9.17, 15) is 9.59 Å². The van der Waals surface area contributed by atoms with Gasteiger partial charge in [0.1, 0.15) is 22.8 Å². The van der Waals surface area contributed by atoms with E-state index in [4.69, 9.17) is 14.2 Å². The van der Waals surface area contributed by atoms with Crippen molar-refractivity contribution >= 4 is 11.9 Å². The summed E-state index contributed by atoms with van der Waals surface area (Å²) in [5.74, 6) is 0.889. The Morgan fingerprint density at radius 2 is 1.04 bits per heavy atom. The maximum Gasteiger partial charge on any atom is 0.343 e. The lowest BCUT2D eigenvalue weighted by Gasteiger charge is -2.40. The minimum absolute atomic E-state index is 0.0858. The maximum absolute atomic E-state index is 13.2. The monoisotopic (exact) mass is 716 g/mol. The molecule has 4 aromatic carbocycles. The third kappa shape index (κ3) is 10.2. The highest BCUT2D eigenvalue weighted by Crippen LogP contribution is 2.47. The van der Waals surface area contributed by atoms with Crippen molar-refractivity contribution in [2.24, 2.45) is 5.41 Å². The lowest BCUT2D eigenvalue weighted by Crippen LogP contribution is -2.31. The molecule has 0 radical (unpaired) electrons. The normalized spacial score (nSPS) is 15.8. The van der Waals surface area contributed by atoms with Crippen LogP contribution in [0.1, 0.15) is 157 Å². The number of benzene rings is 4. The van der Waals surface area contributed by atoms with Crippen molar-refractivity contribution in [2.75, 3.05) is 0 Å². The van der Waals surface area contributed by atoms with Gasteiger partial charge in [-0.05, 0) is 141 Å². The molecule has 4 aromatic rings. The molecule has 53 heavy (non-hydrogen) atoms. The second kappa shape index (κ2) is 16.7. The van der Waals surface area contributed by atoms with Gasteiger partial charge in [0.2, 0.25) is 0 Å². The van der Waals surface area contributed by atoms with Crippen LogP contribution < -0.4 is 9.47 Å². The van der Waals surface area contributed by atoms with Crippen LogP contribution in [-0.2, 0) is 15.6 Å². The molecule has 1 aliphatic rings. The summed E-state index contributed by atoms with van der Waals surface area (Å²) >= 11 is 0. The van der Waals surface area contributed by atoms with E-state index in [1.807, 2.05) is 26.0 Å². The topological polar surface area (TPSA) is 61.8 Å². The predicted molar refractivity (Wildman–Crippen MR) is 215 cm³/mol. The van der Waals surface area contributed by atoms with Crippen LogP contribution in [0, 0.1) is 5.41 Å². The second-order valence-corrected chi connectivity index (χ2v) is 17.1. The summed E-state index contributed by atoms with van der Waals surface area (Å²) in [6.45, 7) is 17.7. The van der Waals surface area contributed by atoms with Crippen molar-refractivity contribution in [3.8, 4) is 17.2 Å². The molecular formula is C48H60O5. The summed E-state index contributed by atoms with van der Waals surface area (Å²) in [5, 5.41) is 0. The number of carbonyl (C=O) groups is 2.